The Bertz CT molecular complexity index is 3110. The van der Waals surface area contributed by atoms with Crippen LogP contribution in [0.15, 0.2) is 170 Å². The van der Waals surface area contributed by atoms with Gasteiger partial charge in [0.25, 0.3) is 0 Å². The number of hydrogen-bond donors (Lipinski definition) is 0. The van der Waals surface area contributed by atoms with Crippen LogP contribution in [-0.2, 0) is 0 Å². The third kappa shape index (κ3) is 4.07. The van der Waals surface area contributed by atoms with Crippen molar-refractivity contribution in [3.63, 3.8) is 0 Å². The largest absolute Gasteiger partial charge is 0.309 e. The lowest BCUT2D eigenvalue weighted by molar-refractivity contribution is 1.18. The molecule has 8 aromatic carbocycles. The van der Waals surface area contributed by atoms with Crippen LogP contribution in [0, 0.1) is 0 Å². The molecule has 0 saturated carbocycles. The fourth-order valence-corrected chi connectivity index (χ4v) is 10.3. The van der Waals surface area contributed by atoms with Gasteiger partial charge in [-0.1, -0.05) is 103 Å². The maximum absolute atomic E-state index is 2.48. The summed E-state index contributed by atoms with van der Waals surface area (Å²) in [5, 5.41) is 10.3. The van der Waals surface area contributed by atoms with E-state index in [1.54, 1.807) is 0 Å². The molecule has 3 aromatic heterocycles. The van der Waals surface area contributed by atoms with Crippen molar-refractivity contribution in [2.24, 2.45) is 0 Å². The molecule has 0 aliphatic carbocycles. The van der Waals surface area contributed by atoms with Gasteiger partial charge < -0.3 is 9.47 Å². The quantitative estimate of drug-likeness (QED) is 0.181. The second-order valence-electron chi connectivity index (χ2n) is 12.9. The van der Waals surface area contributed by atoms with E-state index in [1.165, 1.54) is 78.6 Å². The maximum atomic E-state index is 2.48. The van der Waals surface area contributed by atoms with Crippen molar-refractivity contribution >= 4 is 113 Å². The van der Waals surface area contributed by atoms with Gasteiger partial charge in [0.05, 0.1) is 21.4 Å². The molecule has 0 atom stereocenters. The van der Waals surface area contributed by atoms with Crippen LogP contribution in [0.4, 0.5) is 17.1 Å². The van der Waals surface area contributed by atoms with Crippen molar-refractivity contribution in [3.05, 3.63) is 170 Å². The van der Waals surface area contributed by atoms with E-state index in [0.29, 0.717) is 0 Å². The normalized spacial score (nSPS) is 12.0. The van der Waals surface area contributed by atoms with Crippen LogP contribution in [0.1, 0.15) is 0 Å². The van der Waals surface area contributed by atoms with Gasteiger partial charge in [0, 0.05) is 63.5 Å². The Kier molecular flexibility index (Phi) is 6.03. The molecule has 50 heavy (non-hydrogen) atoms. The highest BCUT2D eigenvalue weighted by Gasteiger charge is 2.21. The lowest BCUT2D eigenvalue weighted by atomic mass is 10.0. The van der Waals surface area contributed by atoms with Crippen molar-refractivity contribution < 1.29 is 0 Å². The summed E-state index contributed by atoms with van der Waals surface area (Å²) >= 11 is 3.75. The number of benzene rings is 8. The zero-order chi connectivity index (χ0) is 32.8. The van der Waals surface area contributed by atoms with Crippen molar-refractivity contribution in [2.45, 2.75) is 0 Å². The van der Waals surface area contributed by atoms with Crippen LogP contribution in [-0.4, -0.2) is 4.57 Å². The Morgan fingerprint density at radius 3 is 1.94 bits per heavy atom. The summed E-state index contributed by atoms with van der Waals surface area (Å²) in [6.07, 6.45) is 0. The van der Waals surface area contributed by atoms with Gasteiger partial charge in [0.2, 0.25) is 0 Å². The van der Waals surface area contributed by atoms with Crippen molar-refractivity contribution in [1.29, 1.82) is 0 Å². The fourth-order valence-electron chi connectivity index (χ4n) is 7.96. The van der Waals surface area contributed by atoms with Gasteiger partial charge in [0.1, 0.15) is 0 Å². The summed E-state index contributed by atoms with van der Waals surface area (Å²) in [4.78, 5) is 2.48. The standard InChI is InChI=1S/C46H28N2S2/c1-2-11-30(12-3-1)48-39-17-7-4-13-33(39)34-25-24-32(28-41(34)48)47(40-18-10-16-36-35-14-5-8-19-42(35)50-46(36)40)31-23-21-29-22-26-44-45(38(29)27-31)37-15-6-9-20-43(37)49-44/h1-28H. The number of anilines is 3. The predicted molar refractivity (Wildman–Crippen MR) is 219 cm³/mol. The molecule has 0 aliphatic rings. The number of thiophene rings is 2. The van der Waals surface area contributed by atoms with Crippen LogP contribution in [0.5, 0.6) is 0 Å². The highest BCUT2D eigenvalue weighted by Crippen LogP contribution is 2.47. The summed E-state index contributed by atoms with van der Waals surface area (Å²) < 4.78 is 7.65. The molecule has 0 radical (unpaired) electrons. The number of para-hydroxylation sites is 2. The Morgan fingerprint density at radius 2 is 1.06 bits per heavy atom. The molecule has 0 aliphatic heterocycles. The van der Waals surface area contributed by atoms with Crippen LogP contribution in [0.25, 0.3) is 78.6 Å². The minimum absolute atomic E-state index is 1.13. The molecule has 11 rings (SSSR count). The second kappa shape index (κ2) is 10.8. The van der Waals surface area contributed by atoms with Crippen molar-refractivity contribution in [3.8, 4) is 5.69 Å². The molecule has 11 aromatic rings. The third-order valence-corrected chi connectivity index (χ3v) is 12.5. The van der Waals surface area contributed by atoms with Gasteiger partial charge in [-0.3, -0.25) is 0 Å². The lowest BCUT2D eigenvalue weighted by Gasteiger charge is -2.27. The molecule has 4 heteroatoms. The molecule has 0 amide bonds. The molecular weight excluding hydrogens is 645 g/mol. The van der Waals surface area contributed by atoms with Gasteiger partial charge >= 0.3 is 0 Å². The van der Waals surface area contributed by atoms with Crippen molar-refractivity contribution in [1.82, 2.24) is 4.57 Å². The zero-order valence-electron chi connectivity index (χ0n) is 26.9. The number of rotatable bonds is 4. The Labute approximate surface area is 296 Å². The van der Waals surface area contributed by atoms with Gasteiger partial charge in [-0.25, -0.2) is 0 Å². The van der Waals surface area contributed by atoms with Gasteiger partial charge in [-0.05, 0) is 77.5 Å². The molecule has 3 heterocycles. The topological polar surface area (TPSA) is 8.17 Å². The first-order chi connectivity index (χ1) is 24.8. The minimum Gasteiger partial charge on any atom is -0.309 e. The maximum Gasteiger partial charge on any atom is 0.0640 e. The Morgan fingerprint density at radius 1 is 0.400 bits per heavy atom. The molecular formula is C46H28N2S2. The minimum atomic E-state index is 1.13. The summed E-state index contributed by atoms with van der Waals surface area (Å²) in [6.45, 7) is 0. The Hall–Kier alpha value is -5.94. The number of hydrogen-bond acceptors (Lipinski definition) is 3. The van der Waals surface area contributed by atoms with Gasteiger partial charge in [-0.2, -0.15) is 0 Å². The molecule has 2 nitrogen and oxygen atoms in total. The number of aromatic nitrogens is 1. The highest BCUT2D eigenvalue weighted by atomic mass is 32.1. The van der Waals surface area contributed by atoms with Gasteiger partial charge in [-0.15, -0.1) is 22.7 Å². The summed E-state index contributed by atoms with van der Waals surface area (Å²) in [5.74, 6) is 0. The molecule has 0 N–H and O–H groups in total. The second-order valence-corrected chi connectivity index (χ2v) is 15.1. The van der Waals surface area contributed by atoms with Gasteiger partial charge in [0.15, 0.2) is 0 Å². The predicted octanol–water partition coefficient (Wildman–Crippen LogP) is 14.1. The lowest BCUT2D eigenvalue weighted by Crippen LogP contribution is -2.10. The molecule has 0 unspecified atom stereocenters. The van der Waals surface area contributed by atoms with E-state index in [1.807, 2.05) is 22.7 Å². The van der Waals surface area contributed by atoms with Crippen molar-refractivity contribution in [2.75, 3.05) is 4.90 Å². The summed E-state index contributed by atoms with van der Waals surface area (Å²) in [5.41, 5.74) is 7.02. The monoisotopic (exact) mass is 672 g/mol. The van der Waals surface area contributed by atoms with E-state index in [-0.39, 0.29) is 0 Å². The first-order valence-electron chi connectivity index (χ1n) is 16.9. The average molecular weight is 673 g/mol. The van der Waals surface area contributed by atoms with E-state index in [0.717, 1.165) is 17.1 Å². The number of fused-ring (bicyclic) bond motifs is 11. The van der Waals surface area contributed by atoms with Crippen LogP contribution in [0.3, 0.4) is 0 Å². The van der Waals surface area contributed by atoms with E-state index in [4.69, 9.17) is 0 Å². The van der Waals surface area contributed by atoms with E-state index in [2.05, 4.69) is 179 Å². The molecule has 0 bridgehead atoms. The van der Waals surface area contributed by atoms with E-state index < -0.39 is 0 Å². The van der Waals surface area contributed by atoms with Crippen LogP contribution >= 0.6 is 22.7 Å². The Balaban J connectivity index is 1.23. The third-order valence-electron chi connectivity index (χ3n) is 10.2. The smallest absolute Gasteiger partial charge is 0.0640 e. The molecule has 0 saturated heterocycles. The molecule has 0 spiro atoms. The first-order valence-corrected chi connectivity index (χ1v) is 18.6. The van der Waals surface area contributed by atoms with Crippen LogP contribution in [0.2, 0.25) is 0 Å². The zero-order valence-corrected chi connectivity index (χ0v) is 28.5. The van der Waals surface area contributed by atoms with E-state index in [9.17, 15) is 0 Å². The molecule has 234 valence electrons. The highest BCUT2D eigenvalue weighted by molar-refractivity contribution is 7.26. The first kappa shape index (κ1) is 28.0. The number of nitrogens with zero attached hydrogens (tertiary/aromatic N) is 2. The fraction of sp³-hybridized carbons (Fsp3) is 0. The SMILES string of the molecule is c1ccc(-n2c3ccccc3c3ccc(N(c4ccc5ccc6sc7ccccc7c6c5c4)c4cccc5c4sc4ccccc45)cc32)cc1. The summed E-state index contributed by atoms with van der Waals surface area (Å²) in [7, 11) is 0. The summed E-state index contributed by atoms with van der Waals surface area (Å²) in [6, 6.07) is 62.5. The van der Waals surface area contributed by atoms with Crippen LogP contribution < -0.4 is 4.90 Å². The molecule has 0 fully saturated rings. The van der Waals surface area contributed by atoms with E-state index >= 15 is 0 Å². The average Bonchev–Trinajstić information content (AvgIpc) is 3.85.